The summed E-state index contributed by atoms with van der Waals surface area (Å²) in [5.41, 5.74) is 4.93. The average Bonchev–Trinajstić information content (AvgIpc) is 3.12. The molecule has 0 spiro atoms. The summed E-state index contributed by atoms with van der Waals surface area (Å²) in [5, 5.41) is 5.81. The van der Waals surface area contributed by atoms with Crippen LogP contribution in [0.3, 0.4) is 0 Å². The van der Waals surface area contributed by atoms with E-state index in [1.807, 2.05) is 18.2 Å². The van der Waals surface area contributed by atoms with E-state index in [4.69, 9.17) is 4.43 Å². The third-order valence-corrected chi connectivity index (χ3v) is 14.3. The van der Waals surface area contributed by atoms with E-state index in [0.717, 1.165) is 29.7 Å². The van der Waals surface area contributed by atoms with E-state index in [0.29, 0.717) is 23.3 Å². The Balaban J connectivity index is 1.48. The second-order valence-electron chi connectivity index (χ2n) is 13.6. The van der Waals surface area contributed by atoms with Gasteiger partial charge in [-0.2, -0.15) is 0 Å². The van der Waals surface area contributed by atoms with Crippen LogP contribution in [0.5, 0.6) is 0 Å². The largest absolute Gasteiger partial charge is 0.389 e. The molecule has 1 aliphatic carbocycles. The molecule has 1 fully saturated rings. The number of rotatable bonds is 8. The molecule has 5 heteroatoms. The maximum Gasteiger partial charge on any atom is 0.370 e. The van der Waals surface area contributed by atoms with E-state index in [1.165, 1.54) is 22.4 Å². The van der Waals surface area contributed by atoms with Gasteiger partial charge in [-0.1, -0.05) is 155 Å². The van der Waals surface area contributed by atoms with E-state index in [2.05, 4.69) is 152 Å². The van der Waals surface area contributed by atoms with Crippen molar-refractivity contribution >= 4 is 30.4 Å². The number of carbonyl (C=O) groups is 1. The minimum atomic E-state index is -3.34. The van der Waals surface area contributed by atoms with Crippen LogP contribution in [0, 0.1) is 17.8 Å². The van der Waals surface area contributed by atoms with Crippen LogP contribution in [-0.2, 0) is 4.43 Å². The lowest BCUT2D eigenvalue weighted by atomic mass is 9.75. The Kier molecular flexibility index (Phi) is 8.85. The number of para-hydroxylation sites is 1. The van der Waals surface area contributed by atoms with Gasteiger partial charge in [0, 0.05) is 5.69 Å². The highest BCUT2D eigenvalue weighted by molar-refractivity contribution is 7.00. The van der Waals surface area contributed by atoms with Crippen molar-refractivity contribution in [1.82, 2.24) is 5.32 Å². The Morgan fingerprint density at radius 2 is 1.26 bits per heavy atom. The van der Waals surface area contributed by atoms with Crippen molar-refractivity contribution in [1.29, 1.82) is 0 Å². The van der Waals surface area contributed by atoms with Crippen LogP contribution in [-0.4, -0.2) is 20.5 Å². The molecule has 1 saturated carbocycles. The van der Waals surface area contributed by atoms with Gasteiger partial charge in [-0.25, -0.2) is 0 Å². The molecule has 1 heterocycles. The minimum Gasteiger partial charge on any atom is -0.389 e. The molecule has 1 N–H and O–H groups in total. The molecule has 5 aromatic rings. The first-order valence-corrected chi connectivity index (χ1v) is 18.9. The Labute approximate surface area is 280 Å². The first-order chi connectivity index (χ1) is 23.0. The van der Waals surface area contributed by atoms with Crippen molar-refractivity contribution in [2.45, 2.75) is 52.3 Å². The summed E-state index contributed by atoms with van der Waals surface area (Å²) < 4.78 is 10.5. The maximum absolute atomic E-state index is 13.9. The van der Waals surface area contributed by atoms with Crippen molar-refractivity contribution < 1.29 is 9.22 Å². The van der Waals surface area contributed by atoms with E-state index in [9.17, 15) is 4.79 Å². The lowest BCUT2D eigenvalue weighted by molar-refractivity contribution is 0.0408. The Hall–Kier alpha value is -4.45. The van der Waals surface area contributed by atoms with Crippen LogP contribution in [0.1, 0.15) is 62.1 Å². The molecule has 0 radical (unpaired) electrons. The first kappa shape index (κ1) is 31.2. The lowest BCUT2D eigenvalue weighted by Gasteiger charge is -2.52. The summed E-state index contributed by atoms with van der Waals surface area (Å²) >= 11 is 0. The molecule has 1 aliphatic heterocycles. The number of benzene rings is 5. The molecule has 0 bridgehead atoms. The second-order valence-corrected chi connectivity index (χ2v) is 16.8. The highest BCUT2D eigenvalue weighted by atomic mass is 28.4. The summed E-state index contributed by atoms with van der Waals surface area (Å²) in [6.45, 7) is 7.06. The smallest absolute Gasteiger partial charge is 0.370 e. The first-order valence-electron chi connectivity index (χ1n) is 17.1. The number of hydrogen-bond donors (Lipinski definition) is 1. The number of carbonyl (C=O) groups excluding carboxylic acids is 1. The number of nitrogens with zero attached hydrogens (tertiary/aromatic N) is 1. The fourth-order valence-corrected chi connectivity index (χ4v) is 12.2. The molecule has 2 aliphatic rings. The maximum atomic E-state index is 13.9. The van der Waals surface area contributed by atoms with Crippen LogP contribution in [0.15, 0.2) is 140 Å². The molecule has 0 aromatic heterocycles. The summed E-state index contributed by atoms with van der Waals surface area (Å²) in [5.74, 6) is 1.47. The number of nitrogens with one attached hydrogen (secondary N) is 1. The zero-order valence-corrected chi connectivity index (χ0v) is 28.6. The highest BCUT2D eigenvalue weighted by Crippen LogP contribution is 2.42. The normalized spacial score (nSPS) is 21.3. The van der Waals surface area contributed by atoms with Crippen LogP contribution in [0.25, 0.3) is 11.1 Å². The third-order valence-electron chi connectivity index (χ3n) is 10.2. The van der Waals surface area contributed by atoms with Crippen molar-refractivity contribution in [3.05, 3.63) is 151 Å². The summed E-state index contributed by atoms with van der Waals surface area (Å²) in [4.78, 5) is 13.9. The zero-order valence-electron chi connectivity index (χ0n) is 27.6. The average molecular weight is 637 g/mol. The van der Waals surface area contributed by atoms with Gasteiger partial charge in [-0.15, -0.1) is 0 Å². The molecule has 0 unspecified atom stereocenters. The zero-order chi connectivity index (χ0) is 32.4. The second kappa shape index (κ2) is 13.3. The molecule has 4 nitrogen and oxygen atoms in total. The van der Waals surface area contributed by atoms with Crippen molar-refractivity contribution in [3.63, 3.8) is 0 Å². The predicted octanol–water partition coefficient (Wildman–Crippen LogP) is 8.34. The van der Waals surface area contributed by atoms with Crippen molar-refractivity contribution in [2.75, 3.05) is 4.57 Å². The van der Waals surface area contributed by atoms with Crippen LogP contribution in [0.4, 0.5) is 5.69 Å². The van der Waals surface area contributed by atoms with Gasteiger partial charge < -0.3 is 14.3 Å². The summed E-state index contributed by atoms with van der Waals surface area (Å²) in [6, 6.07) is 48.8. The van der Waals surface area contributed by atoms with E-state index < -0.39 is 14.6 Å². The van der Waals surface area contributed by atoms with E-state index in [1.54, 1.807) is 0 Å². The number of anilines is 1. The van der Waals surface area contributed by atoms with Gasteiger partial charge in [-0.3, -0.25) is 4.79 Å². The number of hydrogen-bond acceptors (Lipinski definition) is 3. The third kappa shape index (κ3) is 5.94. The van der Waals surface area contributed by atoms with Crippen LogP contribution in [0.2, 0.25) is 0 Å². The van der Waals surface area contributed by atoms with Gasteiger partial charge in [0.2, 0.25) is 0 Å². The monoisotopic (exact) mass is 636 g/mol. The number of amides is 1. The van der Waals surface area contributed by atoms with E-state index in [-0.39, 0.29) is 12.0 Å². The fraction of sp³-hybridized carbons (Fsp3) is 0.262. The summed E-state index contributed by atoms with van der Waals surface area (Å²) in [6.07, 6.45) is 3.06. The SMILES string of the molecule is CC(C)[C@@H]1CC[C@@H](C)C[C@H]1O[Si](c1ccccc1)(c1ccccc1)N1c2ccccc2C(=O)N[C@@H]1c1ccc(-c2ccccc2)cc1. The molecule has 0 saturated heterocycles. The Bertz CT molecular complexity index is 1750. The molecule has 5 aromatic carbocycles. The molecular formula is C42H44N2O2Si. The molecule has 238 valence electrons. The van der Waals surface area contributed by atoms with Crippen molar-refractivity contribution in [3.8, 4) is 11.1 Å². The fourth-order valence-electron chi connectivity index (χ4n) is 7.79. The Morgan fingerprint density at radius 1 is 0.702 bits per heavy atom. The predicted molar refractivity (Wildman–Crippen MR) is 195 cm³/mol. The van der Waals surface area contributed by atoms with Gasteiger partial charge in [0.25, 0.3) is 5.91 Å². The molecular weight excluding hydrogens is 593 g/mol. The summed E-state index contributed by atoms with van der Waals surface area (Å²) in [7, 11) is -3.34. The molecule has 1 amide bonds. The van der Waals surface area contributed by atoms with Crippen LogP contribution < -0.4 is 20.3 Å². The minimum absolute atomic E-state index is 0.0654. The van der Waals surface area contributed by atoms with Gasteiger partial charge >= 0.3 is 8.48 Å². The lowest BCUT2D eigenvalue weighted by Crippen LogP contribution is -2.77. The molecule has 7 rings (SSSR count). The van der Waals surface area contributed by atoms with Gasteiger partial charge in [0.05, 0.1) is 11.7 Å². The van der Waals surface area contributed by atoms with Gasteiger partial charge in [0.15, 0.2) is 0 Å². The van der Waals surface area contributed by atoms with Gasteiger partial charge in [0.1, 0.15) is 6.17 Å². The number of fused-ring (bicyclic) bond motifs is 1. The quantitative estimate of drug-likeness (QED) is 0.174. The molecule has 47 heavy (non-hydrogen) atoms. The van der Waals surface area contributed by atoms with Crippen molar-refractivity contribution in [2.24, 2.45) is 17.8 Å². The van der Waals surface area contributed by atoms with E-state index >= 15 is 0 Å². The van der Waals surface area contributed by atoms with Gasteiger partial charge in [-0.05, 0) is 69.8 Å². The topological polar surface area (TPSA) is 41.6 Å². The molecule has 4 atom stereocenters. The standard InChI is InChI=1S/C42H44N2O2Si/c1-30(2)37-28-23-31(3)29-40(37)46-47(35-17-9-5-10-18-35,36-19-11-6-12-20-36)44-39-22-14-13-21-38(39)42(45)43-41(44)34-26-24-33(25-27-34)32-15-7-4-8-16-32/h4-22,24-27,30-31,37,40-41H,23,28-29H2,1-3H3,(H,43,45)/t31-,37+,40-,41+/m1/s1. The van der Waals surface area contributed by atoms with Crippen LogP contribution >= 0.6 is 0 Å². The highest BCUT2D eigenvalue weighted by Gasteiger charge is 2.55. The Morgan fingerprint density at radius 3 is 1.87 bits per heavy atom.